The van der Waals surface area contributed by atoms with E-state index < -0.39 is 5.97 Å². The molecule has 1 aliphatic rings. The van der Waals surface area contributed by atoms with Crippen molar-refractivity contribution in [2.45, 2.75) is 32.7 Å². The number of hydrogen-bond donors (Lipinski definition) is 2. The summed E-state index contributed by atoms with van der Waals surface area (Å²) in [6, 6.07) is 4.54. The molecule has 1 unspecified atom stereocenters. The van der Waals surface area contributed by atoms with Crippen LogP contribution in [-0.4, -0.2) is 41.5 Å². The van der Waals surface area contributed by atoms with E-state index in [4.69, 9.17) is 4.74 Å². The van der Waals surface area contributed by atoms with Gasteiger partial charge in [0.25, 0.3) is 0 Å². The number of esters is 1. The molecule has 0 spiro atoms. The highest BCUT2D eigenvalue weighted by Gasteiger charge is 2.34. The maximum Gasteiger partial charge on any atom is 0.339 e. The molecular formula is C19H26N3O3+. The van der Waals surface area contributed by atoms with Crippen LogP contribution in [-0.2, 0) is 11.8 Å². The number of rotatable bonds is 5. The third kappa shape index (κ3) is 3.14. The number of carbonyl (C=O) groups is 2. The van der Waals surface area contributed by atoms with Crippen molar-refractivity contribution in [3.8, 4) is 0 Å². The molecule has 3 heterocycles. The summed E-state index contributed by atoms with van der Waals surface area (Å²) in [4.78, 5) is 29.2. The first kappa shape index (κ1) is 17.5. The molecule has 0 radical (unpaired) electrons. The van der Waals surface area contributed by atoms with Crippen molar-refractivity contribution in [2.24, 2.45) is 7.05 Å². The highest BCUT2D eigenvalue weighted by atomic mass is 16.5. The summed E-state index contributed by atoms with van der Waals surface area (Å²) in [5.74, 6) is -0.354. The van der Waals surface area contributed by atoms with Crippen LogP contribution in [0, 0.1) is 13.8 Å². The Morgan fingerprint density at radius 1 is 1.40 bits per heavy atom. The Labute approximate surface area is 147 Å². The Morgan fingerprint density at radius 2 is 2.16 bits per heavy atom. The highest BCUT2D eigenvalue weighted by Crippen LogP contribution is 2.21. The highest BCUT2D eigenvalue weighted by molar-refractivity contribution is 6.01. The number of aromatic nitrogens is 2. The average molecular weight is 344 g/mol. The van der Waals surface area contributed by atoms with E-state index in [9.17, 15) is 9.59 Å². The van der Waals surface area contributed by atoms with Gasteiger partial charge in [-0.25, -0.2) is 4.79 Å². The average Bonchev–Trinajstić information content (AvgIpc) is 3.26. The molecule has 6 nitrogen and oxygen atoms in total. The molecule has 3 rings (SSSR count). The zero-order chi connectivity index (χ0) is 18.1. The number of H-pyrrole nitrogens is 1. The van der Waals surface area contributed by atoms with E-state index in [0.717, 1.165) is 19.4 Å². The van der Waals surface area contributed by atoms with E-state index in [2.05, 4.69) is 15.6 Å². The first-order valence-electron chi connectivity index (χ1n) is 8.70. The van der Waals surface area contributed by atoms with Gasteiger partial charge in [0, 0.05) is 31.8 Å². The number of aromatic amines is 1. The molecule has 6 heteroatoms. The first-order chi connectivity index (χ1) is 11.9. The van der Waals surface area contributed by atoms with Gasteiger partial charge >= 0.3 is 5.97 Å². The fourth-order valence-corrected chi connectivity index (χ4v) is 4.05. The Morgan fingerprint density at radius 3 is 2.80 bits per heavy atom. The molecule has 2 aromatic heterocycles. The lowest BCUT2D eigenvalue weighted by molar-refractivity contribution is -0.910. The number of likely N-dealkylation sites (tertiary alicyclic amines) is 1. The number of nitrogens with one attached hydrogen (secondary N) is 2. The maximum atomic E-state index is 12.9. The SMILES string of the molecule is COC(=O)c1c(C)[nH]c(C(=O)C[NH+]2CCC[C@H]2c2cccn2C)c1C. The van der Waals surface area contributed by atoms with Crippen molar-refractivity contribution in [2.75, 3.05) is 20.2 Å². The Bertz CT molecular complexity index is 803. The number of methoxy groups -OCH3 is 1. The molecule has 0 amide bonds. The van der Waals surface area contributed by atoms with E-state index in [1.807, 2.05) is 19.3 Å². The third-order valence-electron chi connectivity index (χ3n) is 5.32. The quantitative estimate of drug-likeness (QED) is 0.636. The predicted octanol–water partition coefficient (Wildman–Crippen LogP) is 1.36. The molecule has 25 heavy (non-hydrogen) atoms. The zero-order valence-corrected chi connectivity index (χ0v) is 15.3. The second-order valence-corrected chi connectivity index (χ2v) is 6.86. The first-order valence-corrected chi connectivity index (χ1v) is 8.70. The molecule has 0 aromatic carbocycles. The lowest BCUT2D eigenvalue weighted by Crippen LogP contribution is -3.11. The van der Waals surface area contributed by atoms with Gasteiger partial charge in [0.2, 0.25) is 5.78 Å². The summed E-state index contributed by atoms with van der Waals surface area (Å²) < 4.78 is 6.96. The van der Waals surface area contributed by atoms with Crippen LogP contribution in [0.25, 0.3) is 0 Å². The lowest BCUT2D eigenvalue weighted by Gasteiger charge is -2.21. The second kappa shape index (κ2) is 6.88. The van der Waals surface area contributed by atoms with Crippen molar-refractivity contribution < 1.29 is 19.2 Å². The molecule has 0 saturated carbocycles. The van der Waals surface area contributed by atoms with Crippen LogP contribution in [0.1, 0.15) is 56.7 Å². The van der Waals surface area contributed by atoms with Gasteiger partial charge in [0.05, 0.1) is 30.6 Å². The minimum Gasteiger partial charge on any atom is -0.465 e. The molecule has 2 N–H and O–H groups in total. The van der Waals surface area contributed by atoms with Gasteiger partial charge in [-0.3, -0.25) is 4.79 Å². The molecule has 1 aliphatic heterocycles. The van der Waals surface area contributed by atoms with Crippen LogP contribution < -0.4 is 4.90 Å². The largest absolute Gasteiger partial charge is 0.465 e. The maximum absolute atomic E-state index is 12.9. The molecule has 1 saturated heterocycles. The van der Waals surface area contributed by atoms with Gasteiger partial charge in [0.15, 0.2) is 0 Å². The number of ketones is 1. The summed E-state index contributed by atoms with van der Waals surface area (Å²) >= 11 is 0. The van der Waals surface area contributed by atoms with Crippen LogP contribution in [0.5, 0.6) is 0 Å². The van der Waals surface area contributed by atoms with Gasteiger partial charge in [0.1, 0.15) is 12.6 Å². The van der Waals surface area contributed by atoms with Gasteiger partial charge in [-0.2, -0.15) is 0 Å². The number of nitrogens with zero attached hydrogens (tertiary/aromatic N) is 1. The van der Waals surface area contributed by atoms with Crippen molar-refractivity contribution in [1.82, 2.24) is 9.55 Å². The van der Waals surface area contributed by atoms with E-state index in [0.29, 0.717) is 35.1 Å². The monoisotopic (exact) mass is 344 g/mol. The van der Waals surface area contributed by atoms with Crippen molar-refractivity contribution >= 4 is 11.8 Å². The molecule has 2 aromatic rings. The number of hydrogen-bond acceptors (Lipinski definition) is 3. The van der Waals surface area contributed by atoms with Crippen LogP contribution in [0.2, 0.25) is 0 Å². The third-order valence-corrected chi connectivity index (χ3v) is 5.32. The van der Waals surface area contributed by atoms with Crippen molar-refractivity contribution in [3.05, 3.63) is 46.5 Å². The smallest absolute Gasteiger partial charge is 0.339 e. The molecule has 0 bridgehead atoms. The fourth-order valence-electron chi connectivity index (χ4n) is 4.05. The predicted molar refractivity (Wildman–Crippen MR) is 94.0 cm³/mol. The van der Waals surface area contributed by atoms with Crippen molar-refractivity contribution in [1.29, 1.82) is 0 Å². The standard InChI is InChI=1S/C19H25N3O3/c1-12-17(19(24)25-4)13(2)20-18(12)16(23)11-22-10-6-8-15(22)14-7-5-9-21(14)3/h5,7,9,15,20H,6,8,10-11H2,1-4H3/p+1/t15-/m0/s1. The van der Waals surface area contributed by atoms with Crippen LogP contribution >= 0.6 is 0 Å². The van der Waals surface area contributed by atoms with Crippen molar-refractivity contribution in [3.63, 3.8) is 0 Å². The topological polar surface area (TPSA) is 68.5 Å². The normalized spacial score (nSPS) is 20.0. The Hall–Kier alpha value is -2.34. The van der Waals surface area contributed by atoms with Gasteiger partial charge in [-0.1, -0.05) is 0 Å². The summed E-state index contributed by atoms with van der Waals surface area (Å²) in [6.45, 7) is 5.02. The summed E-state index contributed by atoms with van der Waals surface area (Å²) in [5.41, 5.74) is 3.64. The fraction of sp³-hybridized carbons (Fsp3) is 0.474. The van der Waals surface area contributed by atoms with Gasteiger partial charge in [-0.05, 0) is 31.5 Å². The summed E-state index contributed by atoms with van der Waals surface area (Å²) in [7, 11) is 3.41. The lowest BCUT2D eigenvalue weighted by atomic mass is 10.1. The number of quaternary nitrogens is 1. The van der Waals surface area contributed by atoms with Crippen LogP contribution in [0.15, 0.2) is 18.3 Å². The number of carbonyl (C=O) groups excluding carboxylic acids is 2. The number of ether oxygens (including phenoxy) is 1. The zero-order valence-electron chi connectivity index (χ0n) is 15.3. The number of aryl methyl sites for hydroxylation is 2. The van der Waals surface area contributed by atoms with Crippen LogP contribution in [0.4, 0.5) is 0 Å². The Balaban J connectivity index is 1.81. The van der Waals surface area contributed by atoms with Gasteiger partial charge in [-0.15, -0.1) is 0 Å². The van der Waals surface area contributed by atoms with Crippen LogP contribution in [0.3, 0.4) is 0 Å². The van der Waals surface area contributed by atoms with E-state index in [-0.39, 0.29) is 5.78 Å². The second-order valence-electron chi connectivity index (χ2n) is 6.86. The molecule has 134 valence electrons. The minimum atomic E-state index is -0.402. The molecular weight excluding hydrogens is 318 g/mol. The molecule has 2 atom stereocenters. The summed E-state index contributed by atoms with van der Waals surface area (Å²) in [5, 5.41) is 0. The minimum absolute atomic E-state index is 0.0480. The number of Topliss-reactive ketones (excluding diaryl/α,β-unsaturated/α-hetero) is 1. The van der Waals surface area contributed by atoms with E-state index in [1.165, 1.54) is 17.7 Å². The van der Waals surface area contributed by atoms with E-state index in [1.54, 1.807) is 13.8 Å². The Kier molecular flexibility index (Phi) is 4.81. The molecule has 0 aliphatic carbocycles. The molecule has 1 fully saturated rings. The van der Waals surface area contributed by atoms with Gasteiger partial charge < -0.3 is 19.2 Å². The summed E-state index contributed by atoms with van der Waals surface area (Å²) in [6.07, 6.45) is 4.26. The van der Waals surface area contributed by atoms with E-state index >= 15 is 0 Å².